The van der Waals surface area contributed by atoms with Crippen molar-refractivity contribution in [1.82, 2.24) is 5.32 Å². The Kier molecular flexibility index (Phi) is 6.42. The predicted molar refractivity (Wildman–Crippen MR) is 122 cm³/mol. The normalized spacial score (nSPS) is 13.7. The molecule has 4 heteroatoms. The number of amidine groups is 1. The number of benzene rings is 2. The van der Waals surface area contributed by atoms with Gasteiger partial charge in [0, 0.05) is 11.3 Å². The van der Waals surface area contributed by atoms with Crippen molar-refractivity contribution in [3.63, 3.8) is 0 Å². The number of nitrogens with one attached hydrogen (secondary N) is 1. The van der Waals surface area contributed by atoms with Crippen LogP contribution in [0.2, 0.25) is 39.3 Å². The molecule has 0 saturated carbocycles. The van der Waals surface area contributed by atoms with Gasteiger partial charge >= 0.3 is 0 Å². The van der Waals surface area contributed by atoms with Gasteiger partial charge in [0.2, 0.25) is 0 Å². The molecule has 1 N–H and O–H groups in total. The molecular formula is C22H32N2Si2. The van der Waals surface area contributed by atoms with Crippen LogP contribution in [0.4, 0.5) is 0 Å². The van der Waals surface area contributed by atoms with Crippen LogP contribution in [0.1, 0.15) is 16.7 Å². The summed E-state index contributed by atoms with van der Waals surface area (Å²) in [6.45, 7) is 16.0. The highest BCUT2D eigenvalue weighted by Crippen LogP contribution is 2.18. The third kappa shape index (κ3) is 6.77. The Balaban J connectivity index is 2.51. The molecule has 0 radical (unpaired) electrons. The predicted octanol–water partition coefficient (Wildman–Crippen LogP) is 6.08. The zero-order chi connectivity index (χ0) is 19.4. The fourth-order valence-corrected chi connectivity index (χ4v) is 4.54. The monoisotopic (exact) mass is 380 g/mol. The topological polar surface area (TPSA) is 24.4 Å². The van der Waals surface area contributed by atoms with E-state index >= 15 is 0 Å². The SMILES string of the molecule is Cc1ccc(C(=N[Si](C)(C)C)N/C(=C/[Si](C)(C)C)c2ccccc2)cc1. The molecule has 0 aliphatic carbocycles. The van der Waals surface area contributed by atoms with Crippen molar-refractivity contribution in [1.29, 1.82) is 0 Å². The van der Waals surface area contributed by atoms with Gasteiger partial charge in [-0.3, -0.25) is 0 Å². The summed E-state index contributed by atoms with van der Waals surface area (Å²) in [6, 6.07) is 19.2. The smallest absolute Gasteiger partial charge is 0.175 e. The lowest BCUT2D eigenvalue weighted by Gasteiger charge is -2.21. The highest BCUT2D eigenvalue weighted by molar-refractivity contribution is 6.81. The van der Waals surface area contributed by atoms with Gasteiger partial charge in [0.05, 0.1) is 8.07 Å². The summed E-state index contributed by atoms with van der Waals surface area (Å²) in [4.78, 5) is 0. The van der Waals surface area contributed by atoms with E-state index in [2.05, 4.69) is 112 Å². The lowest BCUT2D eigenvalue weighted by Crippen LogP contribution is -2.31. The minimum absolute atomic E-state index is 0.984. The molecule has 138 valence electrons. The fourth-order valence-electron chi connectivity index (χ4n) is 2.58. The second-order valence-electron chi connectivity index (χ2n) is 8.91. The van der Waals surface area contributed by atoms with Gasteiger partial charge in [-0.1, -0.05) is 85.5 Å². The van der Waals surface area contributed by atoms with Gasteiger partial charge in [-0.2, -0.15) is 0 Å². The highest BCUT2D eigenvalue weighted by Gasteiger charge is 2.18. The first-order chi connectivity index (χ1) is 12.0. The molecule has 2 nitrogen and oxygen atoms in total. The molecule has 0 aliphatic rings. The summed E-state index contributed by atoms with van der Waals surface area (Å²) >= 11 is 0. The first kappa shape index (κ1) is 20.4. The van der Waals surface area contributed by atoms with Crippen molar-refractivity contribution in [2.45, 2.75) is 46.2 Å². The molecule has 0 aromatic heterocycles. The second-order valence-corrected chi connectivity index (χ2v) is 18.5. The van der Waals surface area contributed by atoms with Crippen LogP contribution in [0.25, 0.3) is 5.70 Å². The average molecular weight is 381 g/mol. The second kappa shape index (κ2) is 8.19. The van der Waals surface area contributed by atoms with Crippen LogP contribution < -0.4 is 5.32 Å². The minimum atomic E-state index is -1.63. The van der Waals surface area contributed by atoms with Gasteiger partial charge in [-0.15, -0.1) is 0 Å². The Bertz CT molecular complexity index is 778. The molecule has 0 atom stereocenters. The molecule has 2 rings (SSSR count). The summed E-state index contributed by atoms with van der Waals surface area (Å²) in [5.74, 6) is 0.984. The van der Waals surface area contributed by atoms with E-state index in [0.717, 1.165) is 11.4 Å². The molecule has 26 heavy (non-hydrogen) atoms. The number of aryl methyl sites for hydroxylation is 1. The Labute approximate surface area is 161 Å². The van der Waals surface area contributed by atoms with Crippen LogP contribution >= 0.6 is 0 Å². The quantitative estimate of drug-likeness (QED) is 0.379. The molecule has 0 saturated heterocycles. The Morgan fingerprint density at radius 1 is 0.808 bits per heavy atom. The van der Waals surface area contributed by atoms with Crippen molar-refractivity contribution in [2.24, 2.45) is 4.66 Å². The maximum absolute atomic E-state index is 5.12. The molecule has 0 fully saturated rings. The van der Waals surface area contributed by atoms with E-state index in [-0.39, 0.29) is 0 Å². The van der Waals surface area contributed by atoms with Gasteiger partial charge in [-0.25, -0.2) is 0 Å². The minimum Gasteiger partial charge on any atom is -0.341 e. The molecule has 0 amide bonds. The van der Waals surface area contributed by atoms with Crippen molar-refractivity contribution in [3.8, 4) is 0 Å². The van der Waals surface area contributed by atoms with Crippen LogP contribution in [-0.2, 0) is 0 Å². The van der Waals surface area contributed by atoms with E-state index < -0.39 is 16.3 Å². The van der Waals surface area contributed by atoms with Crippen LogP contribution in [0.15, 0.2) is 65.0 Å². The number of nitrogens with zero attached hydrogens (tertiary/aromatic N) is 1. The van der Waals surface area contributed by atoms with E-state index in [9.17, 15) is 0 Å². The van der Waals surface area contributed by atoms with Crippen LogP contribution in [0.3, 0.4) is 0 Å². The average Bonchev–Trinajstić information content (AvgIpc) is 2.52. The Hall–Kier alpha value is -1.92. The Morgan fingerprint density at radius 3 is 1.88 bits per heavy atom. The standard InChI is InChI=1S/C22H32N2Si2/c1-18-13-15-20(16-14-18)22(24-26(5,6)7)23-21(17-25(2,3)4)19-11-9-8-10-12-19/h8-17H,1-7H3,(H,23,24)/b21-17+. The summed E-state index contributed by atoms with van der Waals surface area (Å²) in [6.07, 6.45) is 0. The van der Waals surface area contributed by atoms with E-state index in [1.165, 1.54) is 16.8 Å². The van der Waals surface area contributed by atoms with Crippen LogP contribution in [0.5, 0.6) is 0 Å². The molecule has 0 bridgehead atoms. The van der Waals surface area contributed by atoms with Gasteiger partial charge in [0.1, 0.15) is 5.84 Å². The first-order valence-corrected chi connectivity index (χ1v) is 16.3. The van der Waals surface area contributed by atoms with Gasteiger partial charge in [0.15, 0.2) is 8.24 Å². The van der Waals surface area contributed by atoms with Crippen LogP contribution in [0, 0.1) is 6.92 Å². The van der Waals surface area contributed by atoms with Crippen LogP contribution in [-0.4, -0.2) is 22.1 Å². The third-order valence-electron chi connectivity index (χ3n) is 3.69. The molecule has 2 aromatic carbocycles. The van der Waals surface area contributed by atoms with E-state index in [1.54, 1.807) is 0 Å². The summed E-state index contributed by atoms with van der Waals surface area (Å²) in [5, 5.41) is 3.70. The van der Waals surface area contributed by atoms with Gasteiger partial charge < -0.3 is 9.97 Å². The van der Waals surface area contributed by atoms with Crippen molar-refractivity contribution < 1.29 is 0 Å². The number of hydrogen-bond acceptors (Lipinski definition) is 1. The van der Waals surface area contributed by atoms with Gasteiger partial charge in [0.25, 0.3) is 0 Å². The molecular weight excluding hydrogens is 348 g/mol. The molecule has 2 aromatic rings. The number of hydrogen-bond donors (Lipinski definition) is 1. The van der Waals surface area contributed by atoms with Crippen molar-refractivity contribution >= 4 is 27.8 Å². The van der Waals surface area contributed by atoms with E-state index in [1.807, 2.05) is 0 Å². The molecule has 0 aliphatic heterocycles. The zero-order valence-electron chi connectivity index (χ0n) is 17.2. The van der Waals surface area contributed by atoms with E-state index in [0.29, 0.717) is 0 Å². The molecule has 0 spiro atoms. The maximum Gasteiger partial charge on any atom is 0.175 e. The summed E-state index contributed by atoms with van der Waals surface area (Å²) in [7, 11) is -3.04. The van der Waals surface area contributed by atoms with Crippen molar-refractivity contribution in [3.05, 3.63) is 77.0 Å². The number of rotatable bonds is 5. The lowest BCUT2D eigenvalue weighted by molar-refractivity contribution is 1.26. The summed E-state index contributed by atoms with van der Waals surface area (Å²) in [5.41, 5.74) is 7.22. The largest absolute Gasteiger partial charge is 0.341 e. The van der Waals surface area contributed by atoms with Crippen molar-refractivity contribution in [2.75, 3.05) is 0 Å². The summed E-state index contributed by atoms with van der Waals surface area (Å²) < 4.78 is 5.12. The highest BCUT2D eigenvalue weighted by atomic mass is 28.3. The lowest BCUT2D eigenvalue weighted by atomic mass is 10.1. The Morgan fingerprint density at radius 2 is 1.38 bits per heavy atom. The third-order valence-corrected chi connectivity index (χ3v) is 5.74. The first-order valence-electron chi connectivity index (χ1n) is 9.26. The van der Waals surface area contributed by atoms with Gasteiger partial charge in [-0.05, 0) is 32.1 Å². The fraction of sp³-hybridized carbons (Fsp3) is 0.318. The molecule has 0 heterocycles. The maximum atomic E-state index is 5.12. The van der Waals surface area contributed by atoms with E-state index in [4.69, 9.17) is 4.66 Å². The molecule has 0 unspecified atom stereocenters. The zero-order valence-corrected chi connectivity index (χ0v) is 19.2.